The van der Waals surface area contributed by atoms with Crippen LogP contribution in [0, 0.1) is 0 Å². The zero-order valence-electron chi connectivity index (χ0n) is 10.5. The molecule has 0 saturated carbocycles. The van der Waals surface area contributed by atoms with Gasteiger partial charge in [-0.2, -0.15) is 0 Å². The van der Waals surface area contributed by atoms with Gasteiger partial charge in [-0.25, -0.2) is 0 Å². The predicted octanol–water partition coefficient (Wildman–Crippen LogP) is 4.92. The predicted molar refractivity (Wildman–Crippen MR) is 71.9 cm³/mol. The molecule has 0 heteroatoms. The molecular formula is C16H20. The van der Waals surface area contributed by atoms with Crippen LogP contribution in [0.15, 0.2) is 42.5 Å². The molecule has 0 spiro atoms. The summed E-state index contributed by atoms with van der Waals surface area (Å²) in [6.45, 7) is 6.94. The summed E-state index contributed by atoms with van der Waals surface area (Å²) in [5.74, 6) is 0. The van der Waals surface area contributed by atoms with Gasteiger partial charge in [-0.1, -0.05) is 63.2 Å². The van der Waals surface area contributed by atoms with E-state index in [9.17, 15) is 0 Å². The van der Waals surface area contributed by atoms with Gasteiger partial charge in [0, 0.05) is 0 Å². The van der Waals surface area contributed by atoms with Crippen LogP contribution in [0.3, 0.4) is 0 Å². The van der Waals surface area contributed by atoms with Gasteiger partial charge in [-0.05, 0) is 34.6 Å². The molecule has 84 valence electrons. The fraction of sp³-hybridized carbons (Fsp3) is 0.375. The molecule has 0 aliphatic rings. The molecule has 0 aliphatic carbocycles. The first-order valence-corrected chi connectivity index (χ1v) is 6.19. The quantitative estimate of drug-likeness (QED) is 0.677. The van der Waals surface area contributed by atoms with Crippen molar-refractivity contribution in [3.63, 3.8) is 0 Å². The Bertz CT molecular complexity index is 473. The minimum absolute atomic E-state index is 0.306. The maximum atomic E-state index is 2.37. The van der Waals surface area contributed by atoms with Crippen LogP contribution in [0.25, 0.3) is 10.8 Å². The first kappa shape index (κ1) is 11.2. The Morgan fingerprint density at radius 2 is 1.50 bits per heavy atom. The van der Waals surface area contributed by atoms with E-state index in [1.54, 1.807) is 0 Å². The van der Waals surface area contributed by atoms with Gasteiger partial charge < -0.3 is 0 Å². The SMILES string of the molecule is CCC(C)(CC)c1cccc2ccccc12. The van der Waals surface area contributed by atoms with Crippen LogP contribution in [0.2, 0.25) is 0 Å². The zero-order valence-corrected chi connectivity index (χ0v) is 10.5. The van der Waals surface area contributed by atoms with E-state index in [2.05, 4.69) is 63.2 Å². The van der Waals surface area contributed by atoms with Gasteiger partial charge in [-0.3, -0.25) is 0 Å². The Kier molecular flexibility index (Phi) is 3.00. The van der Waals surface area contributed by atoms with Gasteiger partial charge in [0.15, 0.2) is 0 Å². The van der Waals surface area contributed by atoms with E-state index in [-0.39, 0.29) is 0 Å². The second kappa shape index (κ2) is 4.29. The minimum atomic E-state index is 0.306. The Morgan fingerprint density at radius 3 is 2.19 bits per heavy atom. The summed E-state index contributed by atoms with van der Waals surface area (Å²) in [5.41, 5.74) is 1.80. The van der Waals surface area contributed by atoms with Crippen molar-refractivity contribution < 1.29 is 0 Å². The molecule has 2 aromatic rings. The summed E-state index contributed by atoms with van der Waals surface area (Å²) in [4.78, 5) is 0. The topological polar surface area (TPSA) is 0 Å². The highest BCUT2D eigenvalue weighted by molar-refractivity contribution is 5.86. The van der Waals surface area contributed by atoms with Gasteiger partial charge in [0.05, 0.1) is 0 Å². The van der Waals surface area contributed by atoms with E-state index in [1.165, 1.54) is 29.2 Å². The van der Waals surface area contributed by atoms with Crippen molar-refractivity contribution in [1.29, 1.82) is 0 Å². The molecule has 0 aromatic heterocycles. The average Bonchev–Trinajstić information content (AvgIpc) is 2.37. The number of hydrogen-bond acceptors (Lipinski definition) is 0. The Labute approximate surface area is 98.3 Å². The largest absolute Gasteiger partial charge is 0.0645 e. The van der Waals surface area contributed by atoms with E-state index >= 15 is 0 Å². The van der Waals surface area contributed by atoms with Gasteiger partial charge >= 0.3 is 0 Å². The summed E-state index contributed by atoms with van der Waals surface area (Å²) in [5, 5.41) is 2.77. The molecule has 0 bridgehead atoms. The first-order valence-electron chi connectivity index (χ1n) is 6.19. The molecule has 0 fully saturated rings. The Balaban J connectivity index is 2.69. The second-order valence-electron chi connectivity index (χ2n) is 4.79. The van der Waals surface area contributed by atoms with Crippen LogP contribution in [-0.4, -0.2) is 0 Å². The first-order chi connectivity index (χ1) is 7.71. The maximum absolute atomic E-state index is 2.37. The lowest BCUT2D eigenvalue weighted by Gasteiger charge is -2.28. The lowest BCUT2D eigenvalue weighted by atomic mass is 9.76. The van der Waals surface area contributed by atoms with Crippen molar-refractivity contribution in [2.24, 2.45) is 0 Å². The van der Waals surface area contributed by atoms with E-state index in [0.717, 1.165) is 0 Å². The average molecular weight is 212 g/mol. The highest BCUT2D eigenvalue weighted by Crippen LogP contribution is 2.35. The zero-order chi connectivity index (χ0) is 11.6. The van der Waals surface area contributed by atoms with Gasteiger partial charge in [-0.15, -0.1) is 0 Å². The normalized spacial score (nSPS) is 11.9. The third kappa shape index (κ3) is 1.73. The van der Waals surface area contributed by atoms with Crippen molar-refractivity contribution in [1.82, 2.24) is 0 Å². The maximum Gasteiger partial charge on any atom is -0.00743 e. The molecule has 2 aromatic carbocycles. The van der Waals surface area contributed by atoms with Gasteiger partial charge in [0.2, 0.25) is 0 Å². The van der Waals surface area contributed by atoms with E-state index in [0.29, 0.717) is 5.41 Å². The summed E-state index contributed by atoms with van der Waals surface area (Å²) in [6, 6.07) is 15.4. The fourth-order valence-corrected chi connectivity index (χ4v) is 2.38. The summed E-state index contributed by atoms with van der Waals surface area (Å²) < 4.78 is 0. The number of fused-ring (bicyclic) bond motifs is 1. The molecule has 0 unspecified atom stereocenters. The summed E-state index contributed by atoms with van der Waals surface area (Å²) in [6.07, 6.45) is 2.38. The molecule has 2 rings (SSSR count). The highest BCUT2D eigenvalue weighted by atomic mass is 14.3. The van der Waals surface area contributed by atoms with Crippen LogP contribution < -0.4 is 0 Å². The van der Waals surface area contributed by atoms with E-state index in [1.807, 2.05) is 0 Å². The lowest BCUT2D eigenvalue weighted by Crippen LogP contribution is -2.19. The molecule has 0 N–H and O–H groups in total. The summed E-state index contributed by atoms with van der Waals surface area (Å²) in [7, 11) is 0. The lowest BCUT2D eigenvalue weighted by molar-refractivity contribution is 0.442. The molecule has 0 aliphatic heterocycles. The van der Waals surface area contributed by atoms with Gasteiger partial charge in [0.25, 0.3) is 0 Å². The van der Waals surface area contributed by atoms with Crippen LogP contribution in [0.4, 0.5) is 0 Å². The van der Waals surface area contributed by atoms with Crippen LogP contribution >= 0.6 is 0 Å². The number of hydrogen-bond donors (Lipinski definition) is 0. The van der Waals surface area contributed by atoms with E-state index < -0.39 is 0 Å². The Hall–Kier alpha value is -1.30. The molecule has 0 nitrogen and oxygen atoms in total. The standard InChI is InChI=1S/C16H20/c1-4-16(3,5-2)15-12-8-10-13-9-6-7-11-14(13)15/h6-12H,4-5H2,1-3H3. The number of benzene rings is 2. The van der Waals surface area contributed by atoms with Crippen molar-refractivity contribution in [2.75, 3.05) is 0 Å². The van der Waals surface area contributed by atoms with Crippen molar-refractivity contribution in [3.05, 3.63) is 48.0 Å². The number of rotatable bonds is 3. The molecular weight excluding hydrogens is 192 g/mol. The minimum Gasteiger partial charge on any atom is -0.0645 e. The highest BCUT2D eigenvalue weighted by Gasteiger charge is 2.23. The molecule has 0 atom stereocenters. The van der Waals surface area contributed by atoms with Crippen molar-refractivity contribution >= 4 is 10.8 Å². The third-order valence-corrected chi connectivity index (χ3v) is 4.00. The monoisotopic (exact) mass is 212 g/mol. The van der Waals surface area contributed by atoms with Crippen LogP contribution in [-0.2, 0) is 5.41 Å². The van der Waals surface area contributed by atoms with Crippen molar-refractivity contribution in [2.45, 2.75) is 39.0 Å². The molecule has 0 amide bonds. The molecule has 0 saturated heterocycles. The molecule has 16 heavy (non-hydrogen) atoms. The van der Waals surface area contributed by atoms with Crippen LogP contribution in [0.1, 0.15) is 39.2 Å². The smallest absolute Gasteiger partial charge is 0.00743 e. The van der Waals surface area contributed by atoms with Gasteiger partial charge in [0.1, 0.15) is 0 Å². The van der Waals surface area contributed by atoms with Crippen molar-refractivity contribution in [3.8, 4) is 0 Å². The second-order valence-corrected chi connectivity index (χ2v) is 4.79. The molecule has 0 radical (unpaired) electrons. The fourth-order valence-electron chi connectivity index (χ4n) is 2.38. The Morgan fingerprint density at radius 1 is 0.875 bits per heavy atom. The third-order valence-electron chi connectivity index (χ3n) is 4.00. The van der Waals surface area contributed by atoms with E-state index in [4.69, 9.17) is 0 Å². The van der Waals surface area contributed by atoms with Crippen LogP contribution in [0.5, 0.6) is 0 Å². The summed E-state index contributed by atoms with van der Waals surface area (Å²) >= 11 is 0. The molecule has 0 heterocycles.